The molecule has 0 unspecified atom stereocenters. The van der Waals surface area contributed by atoms with Gasteiger partial charge in [-0.05, 0) is 30.2 Å². The number of nitrogen functional groups attached to an aromatic ring is 1. The van der Waals surface area contributed by atoms with E-state index in [2.05, 4.69) is 10.4 Å². The van der Waals surface area contributed by atoms with Gasteiger partial charge < -0.3 is 16.2 Å². The van der Waals surface area contributed by atoms with E-state index in [0.717, 1.165) is 5.56 Å². The number of hydrogen-bond acceptors (Lipinski definition) is 4. The van der Waals surface area contributed by atoms with Crippen LogP contribution < -0.4 is 11.1 Å². The number of amides is 1. The molecule has 1 amide bonds. The van der Waals surface area contributed by atoms with Gasteiger partial charge in [-0.15, -0.1) is 0 Å². The Kier molecular flexibility index (Phi) is 4.15. The second-order valence-electron chi connectivity index (χ2n) is 4.16. The van der Waals surface area contributed by atoms with E-state index in [9.17, 15) is 4.79 Å². The van der Waals surface area contributed by atoms with Crippen LogP contribution >= 0.6 is 0 Å². The number of nitrogens with two attached hydrogens (primary N) is 1. The first kappa shape index (κ1) is 13.1. The summed E-state index contributed by atoms with van der Waals surface area (Å²) >= 11 is 0. The number of anilines is 2. The van der Waals surface area contributed by atoms with Crippen LogP contribution in [0.2, 0.25) is 0 Å². The molecule has 2 rings (SSSR count). The predicted octanol–water partition coefficient (Wildman–Crippen LogP) is 0.639. The summed E-state index contributed by atoms with van der Waals surface area (Å²) in [6.07, 6.45) is 2.26. The number of carbonyl (C=O) groups is 1. The Morgan fingerprint density at radius 1 is 1.32 bits per heavy atom. The maximum atomic E-state index is 11.7. The highest BCUT2D eigenvalue weighted by atomic mass is 16.3. The molecule has 6 heteroatoms. The minimum atomic E-state index is -0.169. The van der Waals surface area contributed by atoms with Crippen molar-refractivity contribution >= 4 is 17.4 Å². The Hall–Kier alpha value is -2.34. The molecule has 0 bridgehead atoms. The number of nitrogens with zero attached hydrogens (tertiary/aromatic N) is 2. The first-order valence-electron chi connectivity index (χ1n) is 5.96. The van der Waals surface area contributed by atoms with Gasteiger partial charge >= 0.3 is 0 Å². The third-order valence-electron chi connectivity index (χ3n) is 2.61. The number of aliphatic hydroxyl groups excluding tert-OH is 1. The highest BCUT2D eigenvalue weighted by Gasteiger charge is 2.04. The number of aliphatic hydroxyl groups is 1. The summed E-state index contributed by atoms with van der Waals surface area (Å²) in [5.74, 6) is 0.221. The Balaban J connectivity index is 1.91. The number of nitrogens with one attached hydrogen (secondary N) is 1. The van der Waals surface area contributed by atoms with Gasteiger partial charge in [-0.25, -0.2) is 0 Å². The van der Waals surface area contributed by atoms with Crippen LogP contribution in [0.5, 0.6) is 0 Å². The molecule has 0 saturated carbocycles. The molecule has 1 aromatic heterocycles. The van der Waals surface area contributed by atoms with Gasteiger partial charge in [-0.2, -0.15) is 5.10 Å². The number of benzene rings is 1. The molecule has 1 aromatic carbocycles. The maximum absolute atomic E-state index is 11.7. The lowest BCUT2D eigenvalue weighted by atomic mass is 10.1. The second kappa shape index (κ2) is 6.01. The summed E-state index contributed by atoms with van der Waals surface area (Å²) < 4.78 is 1.48. The van der Waals surface area contributed by atoms with Gasteiger partial charge in [0.15, 0.2) is 0 Å². The van der Waals surface area contributed by atoms with Crippen LogP contribution in [0.4, 0.5) is 11.5 Å². The summed E-state index contributed by atoms with van der Waals surface area (Å²) in [5.41, 5.74) is 7.21. The standard InChI is InChI=1S/C13H16N4O2/c14-12-5-7-17(16-12)9-13(19)15-11-3-1-10(2-4-11)6-8-18/h1-5,7,18H,6,8-9H2,(H2,14,16)(H,15,19). The van der Waals surface area contributed by atoms with Crippen LogP contribution in [0.1, 0.15) is 5.56 Å². The fourth-order valence-corrected chi connectivity index (χ4v) is 1.70. The Labute approximate surface area is 110 Å². The molecule has 100 valence electrons. The SMILES string of the molecule is Nc1ccn(CC(=O)Nc2ccc(CCO)cc2)n1. The Bertz CT molecular complexity index is 548. The molecule has 0 aliphatic carbocycles. The summed E-state index contributed by atoms with van der Waals surface area (Å²) in [6, 6.07) is 8.99. The molecule has 19 heavy (non-hydrogen) atoms. The third-order valence-corrected chi connectivity index (χ3v) is 2.61. The minimum Gasteiger partial charge on any atom is -0.396 e. The average molecular weight is 260 g/mol. The first-order valence-corrected chi connectivity index (χ1v) is 5.96. The van der Waals surface area contributed by atoms with Crippen molar-refractivity contribution in [1.29, 1.82) is 0 Å². The largest absolute Gasteiger partial charge is 0.396 e. The van der Waals surface area contributed by atoms with Gasteiger partial charge in [-0.1, -0.05) is 12.1 Å². The van der Waals surface area contributed by atoms with E-state index in [1.807, 2.05) is 12.1 Å². The lowest BCUT2D eigenvalue weighted by Crippen LogP contribution is -2.19. The van der Waals surface area contributed by atoms with Gasteiger partial charge in [0, 0.05) is 18.5 Å². The first-order chi connectivity index (χ1) is 9.17. The van der Waals surface area contributed by atoms with Crippen molar-refractivity contribution in [2.45, 2.75) is 13.0 Å². The normalized spacial score (nSPS) is 10.4. The zero-order valence-electron chi connectivity index (χ0n) is 10.4. The highest BCUT2D eigenvalue weighted by Crippen LogP contribution is 2.10. The van der Waals surface area contributed by atoms with Crippen LogP contribution in [0.3, 0.4) is 0 Å². The predicted molar refractivity (Wildman–Crippen MR) is 72.5 cm³/mol. The van der Waals surface area contributed by atoms with Crippen LogP contribution in [-0.2, 0) is 17.8 Å². The van der Waals surface area contributed by atoms with E-state index in [-0.39, 0.29) is 19.1 Å². The maximum Gasteiger partial charge on any atom is 0.246 e. The van der Waals surface area contributed by atoms with Gasteiger partial charge in [0.05, 0.1) is 0 Å². The van der Waals surface area contributed by atoms with Crippen LogP contribution in [0.15, 0.2) is 36.5 Å². The van der Waals surface area contributed by atoms with Gasteiger partial charge in [0.25, 0.3) is 0 Å². The van der Waals surface area contributed by atoms with Crippen molar-refractivity contribution < 1.29 is 9.90 Å². The fraction of sp³-hybridized carbons (Fsp3) is 0.231. The van der Waals surface area contributed by atoms with Gasteiger partial charge in [0.2, 0.25) is 5.91 Å². The molecule has 0 fully saturated rings. The van der Waals surface area contributed by atoms with E-state index in [0.29, 0.717) is 17.9 Å². The quantitative estimate of drug-likeness (QED) is 0.735. The zero-order valence-corrected chi connectivity index (χ0v) is 10.4. The minimum absolute atomic E-state index is 0.117. The summed E-state index contributed by atoms with van der Waals surface area (Å²) in [6.45, 7) is 0.238. The lowest BCUT2D eigenvalue weighted by molar-refractivity contribution is -0.116. The fourth-order valence-electron chi connectivity index (χ4n) is 1.70. The molecule has 2 aromatic rings. The molecule has 0 aliphatic heterocycles. The van der Waals surface area contributed by atoms with Crippen molar-refractivity contribution in [3.63, 3.8) is 0 Å². The van der Waals surface area contributed by atoms with E-state index in [4.69, 9.17) is 10.8 Å². The summed E-state index contributed by atoms with van der Waals surface area (Å²) in [7, 11) is 0. The monoisotopic (exact) mass is 260 g/mol. The smallest absolute Gasteiger partial charge is 0.246 e. The Morgan fingerprint density at radius 3 is 2.63 bits per heavy atom. The van der Waals surface area contributed by atoms with E-state index >= 15 is 0 Å². The van der Waals surface area contributed by atoms with Crippen LogP contribution in [-0.4, -0.2) is 27.4 Å². The highest BCUT2D eigenvalue weighted by molar-refractivity contribution is 5.90. The molecule has 0 spiro atoms. The second-order valence-corrected chi connectivity index (χ2v) is 4.16. The van der Waals surface area contributed by atoms with Gasteiger partial charge in [0.1, 0.15) is 12.4 Å². The van der Waals surface area contributed by atoms with Crippen LogP contribution in [0.25, 0.3) is 0 Å². The topological polar surface area (TPSA) is 93.2 Å². The number of hydrogen-bond donors (Lipinski definition) is 3. The van der Waals surface area contributed by atoms with E-state index in [1.165, 1.54) is 4.68 Å². The molecule has 4 N–H and O–H groups in total. The lowest BCUT2D eigenvalue weighted by Gasteiger charge is -2.06. The average Bonchev–Trinajstić information content (AvgIpc) is 2.77. The Morgan fingerprint density at radius 2 is 2.05 bits per heavy atom. The molecular weight excluding hydrogens is 244 g/mol. The molecule has 0 saturated heterocycles. The van der Waals surface area contributed by atoms with Crippen molar-refractivity contribution in [2.24, 2.45) is 0 Å². The molecule has 1 heterocycles. The number of rotatable bonds is 5. The van der Waals surface area contributed by atoms with Crippen molar-refractivity contribution in [3.8, 4) is 0 Å². The van der Waals surface area contributed by atoms with E-state index in [1.54, 1.807) is 24.4 Å². The number of aromatic nitrogens is 2. The van der Waals surface area contributed by atoms with Crippen molar-refractivity contribution in [3.05, 3.63) is 42.1 Å². The van der Waals surface area contributed by atoms with Gasteiger partial charge in [-0.3, -0.25) is 9.48 Å². The van der Waals surface area contributed by atoms with E-state index < -0.39 is 0 Å². The van der Waals surface area contributed by atoms with Crippen molar-refractivity contribution in [2.75, 3.05) is 17.7 Å². The molecule has 0 radical (unpaired) electrons. The zero-order chi connectivity index (χ0) is 13.7. The summed E-state index contributed by atoms with van der Waals surface area (Å²) in [4.78, 5) is 11.7. The molecule has 0 aliphatic rings. The number of carbonyl (C=O) groups excluding carboxylic acids is 1. The summed E-state index contributed by atoms with van der Waals surface area (Å²) in [5, 5.41) is 15.5. The molecular formula is C13H16N4O2. The molecule has 0 atom stereocenters. The van der Waals surface area contributed by atoms with Crippen LogP contribution in [0, 0.1) is 0 Å². The van der Waals surface area contributed by atoms with Crippen molar-refractivity contribution in [1.82, 2.24) is 9.78 Å². The third kappa shape index (κ3) is 3.82. The molecule has 6 nitrogen and oxygen atoms in total.